The highest BCUT2D eigenvalue weighted by Crippen LogP contribution is 2.17. The molecule has 2 atom stereocenters. The van der Waals surface area contributed by atoms with E-state index in [0.29, 0.717) is 12.3 Å². The van der Waals surface area contributed by atoms with E-state index < -0.39 is 6.04 Å². The number of hydrogen-bond donors (Lipinski definition) is 1. The van der Waals surface area contributed by atoms with Crippen LogP contribution in [0.25, 0.3) is 0 Å². The van der Waals surface area contributed by atoms with Gasteiger partial charge in [-0.3, -0.25) is 9.59 Å². The molecule has 2 aromatic carbocycles. The molecule has 5 heteroatoms. The number of rotatable bonds is 10. The van der Waals surface area contributed by atoms with Crippen LogP contribution in [-0.4, -0.2) is 34.6 Å². The maximum Gasteiger partial charge on any atom is 0.242 e. The molecule has 2 aromatic rings. The van der Waals surface area contributed by atoms with Crippen LogP contribution in [0.4, 0.5) is 0 Å². The maximum absolute atomic E-state index is 13.0. The SMILES string of the molecule is CC[C@@H](C)NC(=O)[C@H](C)N(Cc1ccccc1)C(=O)CSCc1cccc(C)c1. The molecule has 1 N–H and O–H groups in total. The van der Waals surface area contributed by atoms with Gasteiger partial charge in [-0.1, -0.05) is 67.1 Å². The monoisotopic (exact) mass is 412 g/mol. The van der Waals surface area contributed by atoms with E-state index >= 15 is 0 Å². The number of nitrogens with zero attached hydrogens (tertiary/aromatic N) is 1. The first kappa shape index (κ1) is 23.0. The highest BCUT2D eigenvalue weighted by Gasteiger charge is 2.26. The van der Waals surface area contributed by atoms with Crippen LogP contribution in [-0.2, 0) is 21.9 Å². The fourth-order valence-corrected chi connectivity index (χ4v) is 3.83. The lowest BCUT2D eigenvalue weighted by molar-refractivity contribution is -0.138. The first-order valence-corrected chi connectivity index (χ1v) is 11.3. The maximum atomic E-state index is 13.0. The third-order valence-electron chi connectivity index (χ3n) is 4.94. The van der Waals surface area contributed by atoms with Gasteiger partial charge >= 0.3 is 0 Å². The van der Waals surface area contributed by atoms with Crippen LogP contribution in [0, 0.1) is 6.92 Å². The number of amides is 2. The van der Waals surface area contributed by atoms with E-state index in [1.165, 1.54) is 11.1 Å². The van der Waals surface area contributed by atoms with E-state index in [4.69, 9.17) is 0 Å². The molecule has 0 aliphatic carbocycles. The van der Waals surface area contributed by atoms with Crippen LogP contribution in [0.15, 0.2) is 54.6 Å². The topological polar surface area (TPSA) is 49.4 Å². The third kappa shape index (κ3) is 7.58. The van der Waals surface area contributed by atoms with E-state index in [9.17, 15) is 9.59 Å². The van der Waals surface area contributed by atoms with Gasteiger partial charge < -0.3 is 10.2 Å². The predicted molar refractivity (Wildman–Crippen MR) is 122 cm³/mol. The fraction of sp³-hybridized carbons (Fsp3) is 0.417. The van der Waals surface area contributed by atoms with Gasteiger partial charge in [0.2, 0.25) is 11.8 Å². The minimum absolute atomic E-state index is 0.0155. The standard InChI is InChI=1S/C24H32N2O2S/c1-5-19(3)25-24(28)20(4)26(15-21-11-7-6-8-12-21)23(27)17-29-16-22-13-9-10-18(2)14-22/h6-14,19-20H,5,15-17H2,1-4H3,(H,25,28)/t19-,20+/m1/s1. The normalized spacial score (nSPS) is 12.8. The van der Waals surface area contributed by atoms with E-state index in [2.05, 4.69) is 30.4 Å². The number of hydrogen-bond acceptors (Lipinski definition) is 3. The van der Waals surface area contributed by atoms with Crippen LogP contribution in [0.3, 0.4) is 0 Å². The molecule has 0 aliphatic rings. The van der Waals surface area contributed by atoms with Crippen LogP contribution in [0.5, 0.6) is 0 Å². The first-order valence-electron chi connectivity index (χ1n) is 10.2. The van der Waals surface area contributed by atoms with Gasteiger partial charge in [0.1, 0.15) is 6.04 Å². The van der Waals surface area contributed by atoms with E-state index in [1.54, 1.807) is 16.7 Å². The van der Waals surface area contributed by atoms with Crippen molar-refractivity contribution in [2.75, 3.05) is 5.75 Å². The molecule has 0 saturated heterocycles. The molecule has 0 spiro atoms. The Morgan fingerprint density at radius 1 is 1.03 bits per heavy atom. The molecule has 0 aromatic heterocycles. The summed E-state index contributed by atoms with van der Waals surface area (Å²) < 4.78 is 0. The molecule has 0 saturated carbocycles. The molecule has 2 amide bonds. The van der Waals surface area contributed by atoms with Gasteiger partial charge in [-0.2, -0.15) is 0 Å². The smallest absolute Gasteiger partial charge is 0.242 e. The van der Waals surface area contributed by atoms with Crippen molar-refractivity contribution >= 4 is 23.6 Å². The minimum atomic E-state index is -0.517. The van der Waals surface area contributed by atoms with Gasteiger partial charge in [0, 0.05) is 18.3 Å². The molecule has 0 fully saturated rings. The Hall–Kier alpha value is -2.27. The van der Waals surface area contributed by atoms with E-state index in [-0.39, 0.29) is 17.9 Å². The molecule has 2 rings (SSSR count). The summed E-state index contributed by atoms with van der Waals surface area (Å²) in [6, 6.07) is 17.7. The van der Waals surface area contributed by atoms with Crippen LogP contribution < -0.4 is 5.32 Å². The summed E-state index contributed by atoms with van der Waals surface area (Å²) in [6.45, 7) is 8.32. The van der Waals surface area contributed by atoms with Gasteiger partial charge in [0.15, 0.2) is 0 Å². The largest absolute Gasteiger partial charge is 0.352 e. The summed E-state index contributed by atoms with van der Waals surface area (Å²) in [4.78, 5) is 27.4. The summed E-state index contributed by atoms with van der Waals surface area (Å²) in [5.41, 5.74) is 3.45. The van der Waals surface area contributed by atoms with Crippen LogP contribution in [0.1, 0.15) is 43.9 Å². The average Bonchev–Trinajstić information content (AvgIpc) is 2.72. The van der Waals surface area contributed by atoms with Gasteiger partial charge in [0.25, 0.3) is 0 Å². The molecule has 156 valence electrons. The highest BCUT2D eigenvalue weighted by molar-refractivity contribution is 7.99. The number of carbonyl (C=O) groups excluding carboxylic acids is 2. The molecule has 0 bridgehead atoms. The van der Waals surface area contributed by atoms with Crippen molar-refractivity contribution < 1.29 is 9.59 Å². The Morgan fingerprint density at radius 2 is 1.72 bits per heavy atom. The Morgan fingerprint density at radius 3 is 2.38 bits per heavy atom. The van der Waals surface area contributed by atoms with Crippen LogP contribution >= 0.6 is 11.8 Å². The minimum Gasteiger partial charge on any atom is -0.352 e. The van der Waals surface area contributed by atoms with Crippen LogP contribution in [0.2, 0.25) is 0 Å². The molecule has 0 aliphatic heterocycles. The van der Waals surface area contributed by atoms with E-state index in [0.717, 1.165) is 17.7 Å². The Labute approximate surface area is 179 Å². The summed E-state index contributed by atoms with van der Waals surface area (Å²) in [5, 5.41) is 3.00. The second-order valence-corrected chi connectivity index (χ2v) is 8.47. The Balaban J connectivity index is 2.04. The number of carbonyl (C=O) groups is 2. The lowest BCUT2D eigenvalue weighted by atomic mass is 10.1. The quantitative estimate of drug-likeness (QED) is 0.622. The predicted octanol–water partition coefficient (Wildman–Crippen LogP) is 4.56. The Bertz CT molecular complexity index is 794. The molecule has 0 heterocycles. The van der Waals surface area contributed by atoms with Crippen molar-refractivity contribution in [2.45, 2.75) is 58.5 Å². The molecule has 0 unspecified atom stereocenters. The molecule has 29 heavy (non-hydrogen) atoms. The van der Waals surface area contributed by atoms with Crippen molar-refractivity contribution in [3.8, 4) is 0 Å². The summed E-state index contributed by atoms with van der Waals surface area (Å²) in [6.07, 6.45) is 0.859. The van der Waals surface area contributed by atoms with Crippen molar-refractivity contribution in [2.24, 2.45) is 0 Å². The second kappa shape index (κ2) is 11.7. The lowest BCUT2D eigenvalue weighted by Gasteiger charge is -2.29. The van der Waals surface area contributed by atoms with Gasteiger partial charge in [-0.15, -0.1) is 11.8 Å². The van der Waals surface area contributed by atoms with Crippen molar-refractivity contribution in [3.63, 3.8) is 0 Å². The van der Waals surface area contributed by atoms with Crippen molar-refractivity contribution in [1.82, 2.24) is 10.2 Å². The summed E-state index contributed by atoms with van der Waals surface area (Å²) >= 11 is 1.59. The first-order chi connectivity index (χ1) is 13.9. The second-order valence-electron chi connectivity index (χ2n) is 7.48. The zero-order chi connectivity index (χ0) is 21.2. The van der Waals surface area contributed by atoms with Gasteiger partial charge in [0.05, 0.1) is 5.75 Å². The van der Waals surface area contributed by atoms with Gasteiger partial charge in [-0.25, -0.2) is 0 Å². The Kier molecular flexibility index (Phi) is 9.26. The number of benzene rings is 2. The fourth-order valence-electron chi connectivity index (χ4n) is 2.97. The average molecular weight is 413 g/mol. The highest BCUT2D eigenvalue weighted by atomic mass is 32.2. The van der Waals surface area contributed by atoms with E-state index in [1.807, 2.05) is 57.2 Å². The molecular formula is C24H32N2O2S. The zero-order valence-corrected chi connectivity index (χ0v) is 18.7. The number of thioether (sulfide) groups is 1. The number of nitrogens with one attached hydrogen (secondary N) is 1. The molecule has 0 radical (unpaired) electrons. The van der Waals surface area contributed by atoms with Gasteiger partial charge in [-0.05, 0) is 38.3 Å². The van der Waals surface area contributed by atoms with Crippen molar-refractivity contribution in [3.05, 3.63) is 71.3 Å². The summed E-state index contributed by atoms with van der Waals surface area (Å²) in [7, 11) is 0. The lowest BCUT2D eigenvalue weighted by Crippen LogP contribution is -2.50. The molecular weight excluding hydrogens is 380 g/mol. The van der Waals surface area contributed by atoms with Crippen molar-refractivity contribution in [1.29, 1.82) is 0 Å². The number of aryl methyl sites for hydroxylation is 1. The zero-order valence-electron chi connectivity index (χ0n) is 17.9. The molecule has 4 nitrogen and oxygen atoms in total. The summed E-state index contributed by atoms with van der Waals surface area (Å²) in [5.74, 6) is 1.01. The third-order valence-corrected chi connectivity index (χ3v) is 5.93.